The highest BCUT2D eigenvalue weighted by Gasteiger charge is 2.38. The van der Waals surface area contributed by atoms with E-state index in [0.29, 0.717) is 11.5 Å². The molecule has 12 heteroatoms. The lowest BCUT2D eigenvalue weighted by molar-refractivity contribution is -0.156. The first-order chi connectivity index (χ1) is 21.9. The molecule has 0 saturated carbocycles. The molecule has 1 aliphatic heterocycles. The van der Waals surface area contributed by atoms with Gasteiger partial charge in [0, 0.05) is 19.2 Å². The number of amides is 1. The van der Waals surface area contributed by atoms with Crippen LogP contribution in [-0.4, -0.2) is 74.3 Å². The lowest BCUT2D eigenvalue weighted by Crippen LogP contribution is -2.48. The Kier molecular flexibility index (Phi) is 11.4. The molecular formula is C34H40N2O10. The van der Waals surface area contributed by atoms with E-state index in [1.54, 1.807) is 6.92 Å². The molecule has 0 aliphatic carbocycles. The highest BCUT2D eigenvalue weighted by Crippen LogP contribution is 2.30. The van der Waals surface area contributed by atoms with Crippen molar-refractivity contribution in [3.8, 4) is 23.0 Å². The molecule has 1 N–H and O–H groups in total. The average Bonchev–Trinajstić information content (AvgIpc) is 3.01. The molecule has 2 heterocycles. The number of hydrogen-bond donors (Lipinski definition) is 1. The number of pyridine rings is 1. The van der Waals surface area contributed by atoms with Gasteiger partial charge in [0.1, 0.15) is 17.6 Å². The van der Waals surface area contributed by atoms with Crippen LogP contribution in [0, 0.1) is 27.7 Å². The summed E-state index contributed by atoms with van der Waals surface area (Å²) in [6.45, 7) is 10.1. The molecule has 3 aromatic rings. The van der Waals surface area contributed by atoms with Crippen molar-refractivity contribution in [1.82, 2.24) is 10.3 Å². The molecule has 2 aromatic carbocycles. The summed E-state index contributed by atoms with van der Waals surface area (Å²) in [6, 6.07) is 11.9. The number of nitrogens with zero attached hydrogens (tertiary/aromatic N) is 1. The molecule has 0 radical (unpaired) electrons. The zero-order valence-electron chi connectivity index (χ0n) is 27.1. The van der Waals surface area contributed by atoms with Gasteiger partial charge < -0.3 is 38.5 Å². The van der Waals surface area contributed by atoms with Gasteiger partial charge in [-0.1, -0.05) is 12.1 Å². The highest BCUT2D eigenvalue weighted by atomic mass is 16.7. The summed E-state index contributed by atoms with van der Waals surface area (Å²) in [7, 11) is 1.38. The monoisotopic (exact) mass is 636 g/mol. The number of ether oxygens (including phenoxy) is 7. The van der Waals surface area contributed by atoms with Crippen molar-refractivity contribution in [2.24, 2.45) is 0 Å². The Morgan fingerprint density at radius 3 is 2.13 bits per heavy atom. The fourth-order valence-electron chi connectivity index (χ4n) is 5.10. The van der Waals surface area contributed by atoms with Crippen molar-refractivity contribution in [3.63, 3.8) is 0 Å². The highest BCUT2D eigenvalue weighted by molar-refractivity contribution is 5.98. The second kappa shape index (κ2) is 15.4. The minimum absolute atomic E-state index is 0.0178. The summed E-state index contributed by atoms with van der Waals surface area (Å²) in [6.07, 6.45) is -0.943. The zero-order chi connectivity index (χ0) is 33.4. The van der Waals surface area contributed by atoms with Crippen molar-refractivity contribution in [1.29, 1.82) is 0 Å². The first kappa shape index (κ1) is 34.0. The molecular weight excluding hydrogens is 596 g/mol. The molecule has 246 valence electrons. The minimum Gasteiger partial charge on any atom is -0.493 e. The van der Waals surface area contributed by atoms with Crippen LogP contribution < -0.4 is 24.3 Å². The molecule has 1 amide bonds. The van der Waals surface area contributed by atoms with Gasteiger partial charge in [-0.25, -0.2) is 9.78 Å². The Morgan fingerprint density at radius 2 is 1.54 bits per heavy atom. The lowest BCUT2D eigenvalue weighted by atomic mass is 10.1. The fraction of sp³-hybridized carbons (Fsp3) is 0.412. The number of nitrogens with one attached hydrogen (secondary N) is 1. The van der Waals surface area contributed by atoms with Gasteiger partial charge in [0.2, 0.25) is 6.79 Å². The maximum Gasteiger partial charge on any atom is 0.331 e. The predicted octanol–water partition coefficient (Wildman–Crippen LogP) is 4.18. The van der Waals surface area contributed by atoms with Crippen LogP contribution in [0.25, 0.3) is 0 Å². The Labute approximate surface area is 268 Å². The van der Waals surface area contributed by atoms with Gasteiger partial charge in [-0.3, -0.25) is 9.59 Å². The van der Waals surface area contributed by atoms with E-state index < -0.39 is 49.0 Å². The second-order valence-corrected chi connectivity index (χ2v) is 11.2. The van der Waals surface area contributed by atoms with Gasteiger partial charge in [-0.2, -0.15) is 0 Å². The molecule has 0 unspecified atom stereocenters. The summed E-state index contributed by atoms with van der Waals surface area (Å²) in [5, 5.41) is 2.62. The van der Waals surface area contributed by atoms with E-state index in [9.17, 15) is 14.4 Å². The third-order valence-electron chi connectivity index (χ3n) is 7.01. The molecule has 0 spiro atoms. The Hall–Kier alpha value is -4.84. The number of aromatic nitrogens is 1. The van der Waals surface area contributed by atoms with Gasteiger partial charge in [-0.15, -0.1) is 0 Å². The Morgan fingerprint density at radius 1 is 0.935 bits per heavy atom. The largest absolute Gasteiger partial charge is 0.493 e. The van der Waals surface area contributed by atoms with Crippen LogP contribution in [-0.2, 0) is 23.8 Å². The maximum absolute atomic E-state index is 13.5. The number of esters is 2. The Balaban J connectivity index is 1.59. The van der Waals surface area contributed by atoms with Crippen LogP contribution >= 0.6 is 0 Å². The van der Waals surface area contributed by atoms with Crippen LogP contribution in [0.2, 0.25) is 0 Å². The normalized spacial score (nSPS) is 19.8. The fourth-order valence-corrected chi connectivity index (χ4v) is 5.10. The number of methoxy groups -OCH3 is 1. The second-order valence-electron chi connectivity index (χ2n) is 11.2. The number of carbonyl (C=O) groups excluding carboxylic acids is 3. The SMILES string of the molecule is COc1ccnc(C(=O)N[C@H]2COC[C@H](Oc3cc(C)cc(C)c3)[C@@H](Oc3cc(C)cc(C)c3)[C@H](C)OC2=O)c1OCOC(C)=O. The third kappa shape index (κ3) is 9.10. The van der Waals surface area contributed by atoms with Crippen LogP contribution in [0.5, 0.6) is 23.0 Å². The van der Waals surface area contributed by atoms with E-state index >= 15 is 0 Å². The van der Waals surface area contributed by atoms with Crippen molar-refractivity contribution in [2.75, 3.05) is 27.1 Å². The molecule has 4 atom stereocenters. The first-order valence-electron chi connectivity index (χ1n) is 14.8. The number of hydrogen-bond acceptors (Lipinski definition) is 11. The molecule has 0 bridgehead atoms. The van der Waals surface area contributed by atoms with Crippen molar-refractivity contribution in [3.05, 3.63) is 76.6 Å². The number of carbonyl (C=O) groups is 3. The standard InChI is InChI=1S/C34H40N2O10/c1-19-10-20(2)13-25(12-19)45-29-17-41-16-27(34(39)44-23(5)31(29)46-26-14-21(3)11-22(4)15-26)36-33(38)30-32(43-18-42-24(6)37)28(40-7)8-9-35-30/h8-15,23,27,29,31H,16-18H2,1-7H3,(H,36,38)/t23-,27-,29-,31-/m0/s1. The van der Waals surface area contributed by atoms with E-state index in [1.807, 2.05) is 64.1 Å². The first-order valence-corrected chi connectivity index (χ1v) is 14.8. The lowest BCUT2D eigenvalue weighted by Gasteiger charge is -2.31. The summed E-state index contributed by atoms with van der Waals surface area (Å²) in [5.74, 6) is -0.771. The smallest absolute Gasteiger partial charge is 0.331 e. The van der Waals surface area contributed by atoms with Crippen molar-refractivity contribution < 1.29 is 47.5 Å². The number of cyclic esters (lactones) is 1. The topological polar surface area (TPSA) is 141 Å². The predicted molar refractivity (Wildman–Crippen MR) is 166 cm³/mol. The number of rotatable bonds is 10. The van der Waals surface area contributed by atoms with E-state index in [2.05, 4.69) is 10.3 Å². The summed E-state index contributed by atoms with van der Waals surface area (Å²) in [4.78, 5) is 42.2. The van der Waals surface area contributed by atoms with Crippen LogP contribution in [0.1, 0.15) is 46.6 Å². The summed E-state index contributed by atoms with van der Waals surface area (Å²) in [5.41, 5.74) is 3.87. The molecule has 46 heavy (non-hydrogen) atoms. The molecule has 1 saturated heterocycles. The van der Waals surface area contributed by atoms with Crippen molar-refractivity contribution >= 4 is 17.8 Å². The Bertz CT molecular complexity index is 1520. The molecule has 4 rings (SSSR count). The van der Waals surface area contributed by atoms with Gasteiger partial charge in [0.05, 0.1) is 20.3 Å². The van der Waals surface area contributed by atoms with Gasteiger partial charge >= 0.3 is 11.9 Å². The summed E-state index contributed by atoms with van der Waals surface area (Å²) >= 11 is 0. The van der Waals surface area contributed by atoms with Crippen LogP contribution in [0.4, 0.5) is 0 Å². The zero-order valence-corrected chi connectivity index (χ0v) is 27.1. The van der Waals surface area contributed by atoms with Gasteiger partial charge in [-0.05, 0) is 81.1 Å². The van der Waals surface area contributed by atoms with E-state index in [4.69, 9.17) is 33.2 Å². The minimum atomic E-state index is -1.22. The quantitative estimate of drug-likeness (QED) is 0.253. The number of benzene rings is 2. The van der Waals surface area contributed by atoms with Gasteiger partial charge in [0.15, 0.2) is 35.4 Å². The summed E-state index contributed by atoms with van der Waals surface area (Å²) < 4.78 is 40.4. The van der Waals surface area contributed by atoms with Crippen molar-refractivity contribution in [2.45, 2.75) is 65.9 Å². The third-order valence-corrected chi connectivity index (χ3v) is 7.01. The molecule has 1 aliphatic rings. The van der Waals surface area contributed by atoms with E-state index in [-0.39, 0.29) is 30.4 Å². The number of aryl methyl sites for hydroxylation is 4. The van der Waals surface area contributed by atoms with E-state index in [0.717, 1.165) is 22.3 Å². The van der Waals surface area contributed by atoms with Crippen LogP contribution in [0.3, 0.4) is 0 Å². The van der Waals surface area contributed by atoms with Gasteiger partial charge in [0.25, 0.3) is 5.91 Å². The van der Waals surface area contributed by atoms with E-state index in [1.165, 1.54) is 26.3 Å². The maximum atomic E-state index is 13.5. The molecule has 12 nitrogen and oxygen atoms in total. The average molecular weight is 637 g/mol. The van der Waals surface area contributed by atoms with Crippen LogP contribution in [0.15, 0.2) is 48.7 Å². The molecule has 1 aromatic heterocycles. The molecule has 1 fully saturated rings.